The molecule has 2 aromatic carbocycles. The number of nitrogens with zero attached hydrogens (tertiary/aromatic N) is 4. The first-order valence-electron chi connectivity index (χ1n) is 10.1. The van der Waals surface area contributed by atoms with Crippen LogP contribution in [0.25, 0.3) is 11.4 Å². The van der Waals surface area contributed by atoms with Crippen LogP contribution in [0.1, 0.15) is 41.4 Å². The van der Waals surface area contributed by atoms with Crippen LogP contribution in [0.3, 0.4) is 0 Å². The zero-order valence-corrected chi connectivity index (χ0v) is 17.2. The molecule has 1 aliphatic rings. The quantitative estimate of drug-likeness (QED) is 0.727. The van der Waals surface area contributed by atoms with E-state index in [1.807, 2.05) is 28.9 Å². The standard InChI is InChI=1S/C23H27N5O/c1-16(2)28-22(25-15-26-28)18-9-6-10-19(11-18)23(29)24-13-21-12-17-7-4-5-8-20(17)14-27(21)3/h4-11,15-16,21H,12-14H2,1-3H3,(H,24,29). The Morgan fingerprint density at radius 2 is 1.97 bits per heavy atom. The summed E-state index contributed by atoms with van der Waals surface area (Å²) in [6, 6.07) is 16.6. The normalized spacial score (nSPS) is 16.6. The lowest BCUT2D eigenvalue weighted by Gasteiger charge is -2.34. The first-order chi connectivity index (χ1) is 14.0. The van der Waals surface area contributed by atoms with Crippen LogP contribution in [0.15, 0.2) is 54.9 Å². The van der Waals surface area contributed by atoms with Gasteiger partial charge in [0, 0.05) is 36.3 Å². The fourth-order valence-electron chi connectivity index (χ4n) is 3.89. The van der Waals surface area contributed by atoms with E-state index >= 15 is 0 Å². The van der Waals surface area contributed by atoms with Gasteiger partial charge in [0.15, 0.2) is 5.82 Å². The smallest absolute Gasteiger partial charge is 0.251 e. The first kappa shape index (κ1) is 19.3. The highest BCUT2D eigenvalue weighted by Gasteiger charge is 2.23. The Balaban J connectivity index is 1.45. The van der Waals surface area contributed by atoms with Gasteiger partial charge in [0.05, 0.1) is 0 Å². The lowest BCUT2D eigenvalue weighted by atomic mass is 9.94. The molecule has 6 heteroatoms. The van der Waals surface area contributed by atoms with E-state index in [-0.39, 0.29) is 11.9 Å². The Hall–Kier alpha value is -2.99. The molecule has 3 aromatic rings. The summed E-state index contributed by atoms with van der Waals surface area (Å²) in [6.07, 6.45) is 2.50. The van der Waals surface area contributed by atoms with Crippen molar-refractivity contribution < 1.29 is 4.79 Å². The summed E-state index contributed by atoms with van der Waals surface area (Å²) in [5, 5.41) is 7.41. The van der Waals surface area contributed by atoms with Crippen molar-refractivity contribution in [1.82, 2.24) is 25.0 Å². The molecule has 0 bridgehead atoms. The van der Waals surface area contributed by atoms with Gasteiger partial charge in [-0.25, -0.2) is 9.67 Å². The third-order valence-electron chi connectivity index (χ3n) is 5.56. The number of carbonyl (C=O) groups is 1. The molecule has 29 heavy (non-hydrogen) atoms. The molecule has 4 rings (SSSR count). The largest absolute Gasteiger partial charge is 0.350 e. The van der Waals surface area contributed by atoms with Crippen molar-refractivity contribution in [3.63, 3.8) is 0 Å². The predicted molar refractivity (Wildman–Crippen MR) is 114 cm³/mol. The number of aromatic nitrogens is 3. The van der Waals surface area contributed by atoms with Crippen molar-refractivity contribution in [2.75, 3.05) is 13.6 Å². The Morgan fingerprint density at radius 3 is 2.76 bits per heavy atom. The van der Waals surface area contributed by atoms with Gasteiger partial charge >= 0.3 is 0 Å². The van der Waals surface area contributed by atoms with Gasteiger partial charge in [0.2, 0.25) is 0 Å². The maximum absolute atomic E-state index is 12.8. The van der Waals surface area contributed by atoms with Gasteiger partial charge in [-0.3, -0.25) is 9.69 Å². The fraction of sp³-hybridized carbons (Fsp3) is 0.348. The second kappa shape index (κ2) is 8.17. The first-order valence-corrected chi connectivity index (χ1v) is 10.1. The highest BCUT2D eigenvalue weighted by Crippen LogP contribution is 2.22. The topological polar surface area (TPSA) is 63.1 Å². The van der Waals surface area contributed by atoms with E-state index in [1.54, 1.807) is 6.33 Å². The van der Waals surface area contributed by atoms with Gasteiger partial charge in [-0.2, -0.15) is 5.10 Å². The minimum absolute atomic E-state index is 0.0604. The SMILES string of the molecule is CC(C)n1ncnc1-c1cccc(C(=O)NCC2Cc3ccccc3CN2C)c1. The molecule has 150 valence electrons. The van der Waals surface area contributed by atoms with Crippen molar-refractivity contribution in [3.8, 4) is 11.4 Å². The molecule has 1 unspecified atom stereocenters. The number of nitrogens with one attached hydrogen (secondary N) is 1. The van der Waals surface area contributed by atoms with Crippen LogP contribution in [-0.4, -0.2) is 45.2 Å². The number of hydrogen-bond donors (Lipinski definition) is 1. The van der Waals surface area contributed by atoms with Gasteiger partial charge in [-0.05, 0) is 50.6 Å². The molecular weight excluding hydrogens is 362 g/mol. The molecule has 6 nitrogen and oxygen atoms in total. The van der Waals surface area contributed by atoms with E-state index in [0.717, 1.165) is 24.4 Å². The zero-order valence-electron chi connectivity index (χ0n) is 17.2. The molecule has 0 saturated heterocycles. The molecule has 0 spiro atoms. The molecule has 1 aromatic heterocycles. The highest BCUT2D eigenvalue weighted by molar-refractivity contribution is 5.95. The van der Waals surface area contributed by atoms with E-state index in [1.165, 1.54) is 11.1 Å². The Bertz CT molecular complexity index is 1010. The lowest BCUT2D eigenvalue weighted by molar-refractivity contribution is 0.0934. The van der Waals surface area contributed by atoms with Gasteiger partial charge in [-0.1, -0.05) is 36.4 Å². The van der Waals surface area contributed by atoms with Gasteiger partial charge in [0.1, 0.15) is 6.33 Å². The molecule has 1 amide bonds. The Kier molecular flexibility index (Phi) is 5.45. The lowest BCUT2D eigenvalue weighted by Crippen LogP contribution is -2.45. The molecule has 2 heterocycles. The Labute approximate surface area is 171 Å². The van der Waals surface area contributed by atoms with E-state index in [2.05, 4.69) is 65.5 Å². The molecule has 0 fully saturated rings. The summed E-state index contributed by atoms with van der Waals surface area (Å²) in [5.41, 5.74) is 4.28. The van der Waals surface area contributed by atoms with Crippen LogP contribution in [0, 0.1) is 0 Å². The minimum atomic E-state index is -0.0604. The highest BCUT2D eigenvalue weighted by atomic mass is 16.1. The second-order valence-electron chi connectivity index (χ2n) is 7.95. The fourth-order valence-corrected chi connectivity index (χ4v) is 3.89. The van der Waals surface area contributed by atoms with Crippen molar-refractivity contribution >= 4 is 5.91 Å². The van der Waals surface area contributed by atoms with Crippen LogP contribution in [0.2, 0.25) is 0 Å². The molecule has 0 radical (unpaired) electrons. The Morgan fingerprint density at radius 1 is 1.17 bits per heavy atom. The van der Waals surface area contributed by atoms with Crippen LogP contribution >= 0.6 is 0 Å². The summed E-state index contributed by atoms with van der Waals surface area (Å²) in [4.78, 5) is 19.5. The van der Waals surface area contributed by atoms with E-state index in [9.17, 15) is 4.79 Å². The van der Waals surface area contributed by atoms with Crippen molar-refractivity contribution in [1.29, 1.82) is 0 Å². The maximum atomic E-state index is 12.8. The van der Waals surface area contributed by atoms with Crippen molar-refractivity contribution in [2.45, 2.75) is 38.9 Å². The molecule has 1 aliphatic heterocycles. The summed E-state index contributed by atoms with van der Waals surface area (Å²) in [7, 11) is 2.12. The maximum Gasteiger partial charge on any atom is 0.251 e. The van der Waals surface area contributed by atoms with Crippen LogP contribution in [0.5, 0.6) is 0 Å². The third-order valence-corrected chi connectivity index (χ3v) is 5.56. The summed E-state index contributed by atoms with van der Waals surface area (Å²) >= 11 is 0. The monoisotopic (exact) mass is 389 g/mol. The van der Waals surface area contributed by atoms with E-state index in [0.29, 0.717) is 18.2 Å². The van der Waals surface area contributed by atoms with E-state index < -0.39 is 0 Å². The van der Waals surface area contributed by atoms with Gasteiger partial charge < -0.3 is 5.32 Å². The number of fused-ring (bicyclic) bond motifs is 1. The molecular formula is C23H27N5O. The average molecular weight is 390 g/mol. The third kappa shape index (κ3) is 4.07. The minimum Gasteiger partial charge on any atom is -0.350 e. The van der Waals surface area contributed by atoms with Crippen LogP contribution in [-0.2, 0) is 13.0 Å². The number of hydrogen-bond acceptors (Lipinski definition) is 4. The molecule has 1 atom stereocenters. The molecule has 1 N–H and O–H groups in total. The zero-order chi connectivity index (χ0) is 20.4. The second-order valence-corrected chi connectivity index (χ2v) is 7.95. The number of carbonyl (C=O) groups excluding carboxylic acids is 1. The average Bonchev–Trinajstić information content (AvgIpc) is 3.22. The van der Waals surface area contributed by atoms with Crippen LogP contribution < -0.4 is 5.32 Å². The van der Waals surface area contributed by atoms with Crippen molar-refractivity contribution in [2.24, 2.45) is 0 Å². The van der Waals surface area contributed by atoms with Gasteiger partial charge in [-0.15, -0.1) is 0 Å². The van der Waals surface area contributed by atoms with E-state index in [4.69, 9.17) is 0 Å². The number of amides is 1. The number of benzene rings is 2. The number of likely N-dealkylation sites (N-methyl/N-ethyl adjacent to an activating group) is 1. The molecule has 0 saturated carbocycles. The van der Waals surface area contributed by atoms with Crippen molar-refractivity contribution in [3.05, 3.63) is 71.5 Å². The predicted octanol–water partition coefficient (Wildman–Crippen LogP) is 3.31. The summed E-state index contributed by atoms with van der Waals surface area (Å²) < 4.78 is 1.87. The number of rotatable bonds is 5. The molecule has 0 aliphatic carbocycles. The van der Waals surface area contributed by atoms with Crippen LogP contribution in [0.4, 0.5) is 0 Å². The summed E-state index contributed by atoms with van der Waals surface area (Å²) in [6.45, 7) is 5.66. The summed E-state index contributed by atoms with van der Waals surface area (Å²) in [5.74, 6) is 0.716. The van der Waals surface area contributed by atoms with Gasteiger partial charge in [0.25, 0.3) is 5.91 Å².